The van der Waals surface area contributed by atoms with Crippen molar-refractivity contribution in [1.82, 2.24) is 0 Å². The second kappa shape index (κ2) is 7.64. The first-order valence-corrected chi connectivity index (χ1v) is 10.7. The van der Waals surface area contributed by atoms with E-state index in [2.05, 4.69) is 0 Å². The summed E-state index contributed by atoms with van der Waals surface area (Å²) in [5, 5.41) is 1.65. The van der Waals surface area contributed by atoms with Crippen molar-refractivity contribution in [1.29, 1.82) is 0 Å². The van der Waals surface area contributed by atoms with Gasteiger partial charge in [-0.2, -0.15) is 5.06 Å². The number of benzene rings is 3. The summed E-state index contributed by atoms with van der Waals surface area (Å²) in [6.07, 6.45) is 0. The molecule has 0 bridgehead atoms. The summed E-state index contributed by atoms with van der Waals surface area (Å²) in [7, 11) is -2.16. The highest BCUT2D eigenvalue weighted by Crippen LogP contribution is 2.45. The molecule has 0 fully saturated rings. The number of anilines is 1. The maximum absolute atomic E-state index is 13.5. The standard InChI is InChI=1S/C23H21NO4S/c1-17-23(29(25,26)21-11-7-4-8-12-21)22(18-13-15-20(27-2)16-14-18)24(28-17)19-9-5-3-6-10-19/h3-16,22H,1-2H3. The minimum Gasteiger partial charge on any atom is -0.497 e. The highest BCUT2D eigenvalue weighted by molar-refractivity contribution is 7.95. The number of sulfone groups is 1. The molecular weight excluding hydrogens is 386 g/mol. The quantitative estimate of drug-likeness (QED) is 0.603. The number of methoxy groups -OCH3 is 1. The highest BCUT2D eigenvalue weighted by atomic mass is 32.2. The van der Waals surface area contributed by atoms with Gasteiger partial charge in [-0.05, 0) is 48.9 Å². The van der Waals surface area contributed by atoms with Crippen LogP contribution in [0.1, 0.15) is 18.5 Å². The Hall–Kier alpha value is -3.25. The SMILES string of the molecule is COc1ccc(C2C(S(=O)(=O)c3ccccc3)=C(C)ON2c2ccccc2)cc1. The summed E-state index contributed by atoms with van der Waals surface area (Å²) in [4.78, 5) is 6.47. The molecule has 0 saturated heterocycles. The van der Waals surface area contributed by atoms with E-state index in [1.165, 1.54) is 0 Å². The minimum absolute atomic E-state index is 0.234. The molecule has 3 aromatic rings. The molecule has 29 heavy (non-hydrogen) atoms. The Kier molecular flexibility index (Phi) is 5.03. The van der Waals surface area contributed by atoms with Crippen molar-refractivity contribution in [2.45, 2.75) is 17.9 Å². The van der Waals surface area contributed by atoms with Crippen LogP contribution in [0.5, 0.6) is 5.75 Å². The number of hydrogen-bond acceptors (Lipinski definition) is 5. The van der Waals surface area contributed by atoms with Gasteiger partial charge in [0.25, 0.3) is 0 Å². The van der Waals surface area contributed by atoms with Gasteiger partial charge in [0, 0.05) is 0 Å². The number of hydroxylamine groups is 1. The lowest BCUT2D eigenvalue weighted by molar-refractivity contribution is 0.196. The molecule has 1 aliphatic heterocycles. The van der Waals surface area contributed by atoms with Crippen LogP contribution in [-0.4, -0.2) is 15.5 Å². The second-order valence-corrected chi connectivity index (χ2v) is 8.58. The van der Waals surface area contributed by atoms with E-state index in [1.807, 2.05) is 54.6 Å². The Morgan fingerprint density at radius 1 is 0.862 bits per heavy atom. The smallest absolute Gasteiger partial charge is 0.208 e. The molecule has 4 rings (SSSR count). The lowest BCUT2D eigenvalue weighted by Gasteiger charge is -2.26. The van der Waals surface area contributed by atoms with Gasteiger partial charge in [0.15, 0.2) is 0 Å². The highest BCUT2D eigenvalue weighted by Gasteiger charge is 2.42. The van der Waals surface area contributed by atoms with E-state index in [-0.39, 0.29) is 9.80 Å². The molecule has 3 aromatic carbocycles. The zero-order valence-electron chi connectivity index (χ0n) is 16.1. The van der Waals surface area contributed by atoms with E-state index in [0.717, 1.165) is 11.3 Å². The third kappa shape index (κ3) is 3.47. The van der Waals surface area contributed by atoms with Crippen molar-refractivity contribution in [2.75, 3.05) is 12.2 Å². The molecule has 0 aliphatic carbocycles. The lowest BCUT2D eigenvalue weighted by atomic mass is 10.1. The van der Waals surface area contributed by atoms with Crippen LogP contribution in [0.2, 0.25) is 0 Å². The molecule has 0 aromatic heterocycles. The largest absolute Gasteiger partial charge is 0.497 e. The van der Waals surface area contributed by atoms with E-state index < -0.39 is 15.9 Å². The number of rotatable bonds is 5. The Labute approximate surface area is 170 Å². The number of ether oxygens (including phenoxy) is 1. The van der Waals surface area contributed by atoms with Crippen LogP contribution in [0.4, 0.5) is 5.69 Å². The summed E-state index contributed by atoms with van der Waals surface area (Å²) in [6, 6.07) is 24.7. The monoisotopic (exact) mass is 407 g/mol. The number of hydrogen-bond donors (Lipinski definition) is 0. The first kappa shape index (κ1) is 19.1. The average Bonchev–Trinajstić information content (AvgIpc) is 3.13. The number of nitrogens with zero attached hydrogens (tertiary/aromatic N) is 1. The van der Waals surface area contributed by atoms with Gasteiger partial charge in [-0.3, -0.25) is 0 Å². The van der Waals surface area contributed by atoms with E-state index in [0.29, 0.717) is 11.5 Å². The molecule has 1 atom stereocenters. The first-order valence-electron chi connectivity index (χ1n) is 9.19. The number of para-hydroxylation sites is 1. The van der Waals surface area contributed by atoms with Gasteiger partial charge < -0.3 is 9.57 Å². The van der Waals surface area contributed by atoms with Gasteiger partial charge in [0.05, 0.1) is 17.7 Å². The van der Waals surface area contributed by atoms with Crippen LogP contribution in [-0.2, 0) is 14.7 Å². The van der Waals surface area contributed by atoms with Gasteiger partial charge in [-0.15, -0.1) is 0 Å². The van der Waals surface area contributed by atoms with Crippen LogP contribution in [0.25, 0.3) is 0 Å². The summed E-state index contributed by atoms with van der Waals surface area (Å²) in [6.45, 7) is 1.69. The molecule has 0 N–H and O–H groups in total. The molecule has 1 heterocycles. The zero-order valence-corrected chi connectivity index (χ0v) is 17.0. The van der Waals surface area contributed by atoms with Crippen molar-refractivity contribution in [3.05, 3.63) is 101 Å². The maximum Gasteiger partial charge on any atom is 0.208 e. The molecule has 148 valence electrons. The first-order chi connectivity index (χ1) is 14.0. The molecule has 0 saturated carbocycles. The van der Waals surface area contributed by atoms with Gasteiger partial charge in [0.1, 0.15) is 22.5 Å². The van der Waals surface area contributed by atoms with E-state index in [4.69, 9.17) is 9.57 Å². The summed E-state index contributed by atoms with van der Waals surface area (Å²) in [5.41, 5.74) is 1.56. The Morgan fingerprint density at radius 2 is 1.45 bits per heavy atom. The van der Waals surface area contributed by atoms with Crippen LogP contribution in [0.3, 0.4) is 0 Å². The van der Waals surface area contributed by atoms with Gasteiger partial charge in [0.2, 0.25) is 9.84 Å². The van der Waals surface area contributed by atoms with Crippen molar-refractivity contribution in [3.63, 3.8) is 0 Å². The fraction of sp³-hybridized carbons (Fsp3) is 0.130. The third-order valence-electron chi connectivity index (χ3n) is 4.85. The van der Waals surface area contributed by atoms with Crippen molar-refractivity contribution < 1.29 is 18.0 Å². The molecular formula is C23H21NO4S. The molecule has 5 nitrogen and oxygen atoms in total. The molecule has 1 unspecified atom stereocenters. The Balaban J connectivity index is 1.87. The van der Waals surface area contributed by atoms with Crippen molar-refractivity contribution in [3.8, 4) is 5.75 Å². The molecule has 0 amide bonds. The lowest BCUT2D eigenvalue weighted by Crippen LogP contribution is -2.25. The van der Waals surface area contributed by atoms with Crippen LogP contribution in [0, 0.1) is 0 Å². The van der Waals surface area contributed by atoms with Crippen LogP contribution >= 0.6 is 0 Å². The zero-order chi connectivity index (χ0) is 20.4. The van der Waals surface area contributed by atoms with Crippen LogP contribution < -0.4 is 9.80 Å². The summed E-state index contributed by atoms with van der Waals surface area (Å²) < 4.78 is 32.3. The third-order valence-corrected chi connectivity index (χ3v) is 6.83. The molecule has 0 spiro atoms. The van der Waals surface area contributed by atoms with E-state index >= 15 is 0 Å². The molecule has 0 radical (unpaired) electrons. The summed E-state index contributed by atoms with van der Waals surface area (Å²) in [5.74, 6) is 1.06. The van der Waals surface area contributed by atoms with Crippen molar-refractivity contribution >= 4 is 15.5 Å². The minimum atomic E-state index is -3.76. The average molecular weight is 407 g/mol. The predicted molar refractivity (Wildman–Crippen MR) is 112 cm³/mol. The van der Waals surface area contributed by atoms with Crippen LogP contribution in [0.15, 0.2) is 100 Å². The topological polar surface area (TPSA) is 55.8 Å². The molecule has 1 aliphatic rings. The normalized spacial score (nSPS) is 16.6. The molecule has 6 heteroatoms. The van der Waals surface area contributed by atoms with Gasteiger partial charge in [-0.25, -0.2) is 8.42 Å². The Morgan fingerprint density at radius 3 is 2.03 bits per heavy atom. The fourth-order valence-electron chi connectivity index (χ4n) is 3.46. The maximum atomic E-state index is 13.5. The number of allylic oxidation sites excluding steroid dienone is 1. The van der Waals surface area contributed by atoms with Gasteiger partial charge >= 0.3 is 0 Å². The van der Waals surface area contributed by atoms with E-state index in [1.54, 1.807) is 49.4 Å². The fourth-order valence-corrected chi connectivity index (χ4v) is 5.17. The summed E-state index contributed by atoms with van der Waals surface area (Å²) >= 11 is 0. The van der Waals surface area contributed by atoms with Crippen molar-refractivity contribution in [2.24, 2.45) is 0 Å². The Bertz CT molecular complexity index is 1120. The van der Waals surface area contributed by atoms with Gasteiger partial charge in [-0.1, -0.05) is 48.5 Å². The van der Waals surface area contributed by atoms with E-state index in [9.17, 15) is 8.42 Å². The predicted octanol–water partition coefficient (Wildman–Crippen LogP) is 4.89. The second-order valence-electron chi connectivity index (χ2n) is 6.67.